The molecule has 1 aliphatic rings. The predicted molar refractivity (Wildman–Crippen MR) is 160 cm³/mol. The lowest BCUT2D eigenvalue weighted by Gasteiger charge is -2.22. The zero-order valence-corrected chi connectivity index (χ0v) is 23.2. The SMILES string of the molecule is COc1ccc(-c2c(OC(=O)c3ccc(C)cc3)c3n(c2NC(=O)c2ccc(C)cc2)-c2ccccc2CC3)cc1. The fourth-order valence-corrected chi connectivity index (χ4v) is 5.26. The number of hydrogen-bond acceptors (Lipinski definition) is 4. The third-order valence-electron chi connectivity index (χ3n) is 7.49. The average Bonchev–Trinajstić information content (AvgIpc) is 3.30. The van der Waals surface area contributed by atoms with E-state index < -0.39 is 5.97 Å². The van der Waals surface area contributed by atoms with Crippen molar-refractivity contribution in [3.05, 3.63) is 131 Å². The summed E-state index contributed by atoms with van der Waals surface area (Å²) in [4.78, 5) is 27.1. The second-order valence-corrected chi connectivity index (χ2v) is 10.3. The molecule has 6 rings (SSSR count). The van der Waals surface area contributed by atoms with Crippen LogP contribution in [0.5, 0.6) is 11.5 Å². The number of ether oxygens (including phenoxy) is 2. The molecule has 0 saturated carbocycles. The van der Waals surface area contributed by atoms with Gasteiger partial charge in [0.2, 0.25) is 0 Å². The van der Waals surface area contributed by atoms with Crippen LogP contribution in [0.1, 0.15) is 43.1 Å². The molecule has 41 heavy (non-hydrogen) atoms. The molecule has 1 aliphatic heterocycles. The maximum Gasteiger partial charge on any atom is 0.343 e. The van der Waals surface area contributed by atoms with Gasteiger partial charge in [-0.1, -0.05) is 65.7 Å². The number of esters is 1. The highest BCUT2D eigenvalue weighted by atomic mass is 16.5. The first-order valence-corrected chi connectivity index (χ1v) is 13.6. The number of anilines is 1. The normalized spacial score (nSPS) is 11.8. The summed E-state index contributed by atoms with van der Waals surface area (Å²) in [7, 11) is 1.62. The number of nitrogens with one attached hydrogen (secondary N) is 1. The number of fused-ring (bicyclic) bond motifs is 3. The van der Waals surface area contributed by atoms with Gasteiger partial charge in [-0.3, -0.25) is 9.36 Å². The van der Waals surface area contributed by atoms with Crippen LogP contribution in [0.25, 0.3) is 16.8 Å². The number of carbonyl (C=O) groups excluding carboxylic acids is 2. The number of para-hydroxylation sites is 1. The minimum Gasteiger partial charge on any atom is -0.497 e. The molecule has 0 spiro atoms. The van der Waals surface area contributed by atoms with E-state index in [1.807, 2.05) is 97.3 Å². The van der Waals surface area contributed by atoms with E-state index in [1.165, 1.54) is 0 Å². The molecule has 0 atom stereocenters. The van der Waals surface area contributed by atoms with E-state index in [4.69, 9.17) is 9.47 Å². The number of aromatic nitrogens is 1. The van der Waals surface area contributed by atoms with Gasteiger partial charge >= 0.3 is 5.97 Å². The van der Waals surface area contributed by atoms with E-state index in [1.54, 1.807) is 19.2 Å². The first kappa shape index (κ1) is 26.1. The third-order valence-corrected chi connectivity index (χ3v) is 7.49. The van der Waals surface area contributed by atoms with Crippen molar-refractivity contribution in [3.63, 3.8) is 0 Å². The Hall–Kier alpha value is -5.10. The fourth-order valence-electron chi connectivity index (χ4n) is 5.26. The molecule has 6 heteroatoms. The quantitative estimate of drug-likeness (QED) is 0.228. The molecule has 5 aromatic rings. The molecule has 1 aromatic heterocycles. The van der Waals surface area contributed by atoms with E-state index >= 15 is 0 Å². The Morgan fingerprint density at radius 2 is 1.39 bits per heavy atom. The smallest absolute Gasteiger partial charge is 0.343 e. The first-order valence-electron chi connectivity index (χ1n) is 13.6. The summed E-state index contributed by atoms with van der Waals surface area (Å²) in [6.45, 7) is 3.96. The number of amides is 1. The average molecular weight is 543 g/mol. The summed E-state index contributed by atoms with van der Waals surface area (Å²) in [6.07, 6.45) is 1.42. The zero-order chi connectivity index (χ0) is 28.5. The third kappa shape index (κ3) is 5.00. The lowest BCUT2D eigenvalue weighted by Crippen LogP contribution is -2.19. The van der Waals surface area contributed by atoms with Crippen LogP contribution in [0.15, 0.2) is 97.1 Å². The number of hydrogen-bond donors (Lipinski definition) is 1. The van der Waals surface area contributed by atoms with Crippen LogP contribution >= 0.6 is 0 Å². The zero-order valence-electron chi connectivity index (χ0n) is 23.2. The molecule has 204 valence electrons. The molecule has 0 unspecified atom stereocenters. The number of nitrogens with zero attached hydrogens (tertiary/aromatic N) is 1. The van der Waals surface area contributed by atoms with Gasteiger partial charge < -0.3 is 14.8 Å². The van der Waals surface area contributed by atoms with Crippen molar-refractivity contribution in [2.45, 2.75) is 26.7 Å². The molecular formula is C35H30N2O4. The van der Waals surface area contributed by atoms with Gasteiger partial charge in [0.1, 0.15) is 11.6 Å². The van der Waals surface area contributed by atoms with Crippen molar-refractivity contribution in [2.75, 3.05) is 12.4 Å². The van der Waals surface area contributed by atoms with Crippen molar-refractivity contribution < 1.29 is 19.1 Å². The van der Waals surface area contributed by atoms with Crippen LogP contribution in [0.4, 0.5) is 5.82 Å². The van der Waals surface area contributed by atoms with Crippen molar-refractivity contribution in [1.29, 1.82) is 0 Å². The van der Waals surface area contributed by atoms with Crippen molar-refractivity contribution in [1.82, 2.24) is 4.57 Å². The van der Waals surface area contributed by atoms with Gasteiger partial charge in [-0.05, 0) is 80.3 Å². The fraction of sp³-hybridized carbons (Fsp3) is 0.143. The van der Waals surface area contributed by atoms with Crippen LogP contribution in [-0.4, -0.2) is 23.6 Å². The Morgan fingerprint density at radius 1 is 0.756 bits per heavy atom. The lowest BCUT2D eigenvalue weighted by atomic mass is 10.0. The number of benzene rings is 4. The molecule has 6 nitrogen and oxygen atoms in total. The molecular weight excluding hydrogens is 512 g/mol. The Balaban J connectivity index is 1.56. The van der Waals surface area contributed by atoms with Crippen LogP contribution in [0, 0.1) is 13.8 Å². The van der Waals surface area contributed by atoms with Crippen LogP contribution in [0.3, 0.4) is 0 Å². The number of methoxy groups -OCH3 is 1. The van der Waals surface area contributed by atoms with Crippen molar-refractivity contribution in [3.8, 4) is 28.3 Å². The monoisotopic (exact) mass is 542 g/mol. The standard InChI is InChI=1S/C35H30N2O4/c1-22-8-12-26(13-9-22)34(38)36-33-31(25-16-19-28(40-3)20-17-25)32(41-35(39)27-14-10-23(2)11-15-27)30-21-18-24-6-4-5-7-29(24)37(30)33/h4-17,19-20H,18,21H2,1-3H3,(H,36,38). The molecule has 0 aliphatic carbocycles. The molecule has 2 heterocycles. The second-order valence-electron chi connectivity index (χ2n) is 10.3. The lowest BCUT2D eigenvalue weighted by molar-refractivity contribution is 0.0733. The minimum atomic E-state index is -0.455. The highest BCUT2D eigenvalue weighted by Gasteiger charge is 2.32. The van der Waals surface area contributed by atoms with E-state index in [9.17, 15) is 9.59 Å². The Morgan fingerprint density at radius 3 is 2.05 bits per heavy atom. The largest absolute Gasteiger partial charge is 0.497 e. The molecule has 1 N–H and O–H groups in total. The number of rotatable bonds is 6. The van der Waals surface area contributed by atoms with Gasteiger partial charge in [0, 0.05) is 5.56 Å². The Kier molecular flexibility index (Phi) is 6.89. The Labute approximate surface area is 239 Å². The van der Waals surface area contributed by atoms with Gasteiger partial charge in [0.15, 0.2) is 5.75 Å². The van der Waals surface area contributed by atoms with Crippen LogP contribution < -0.4 is 14.8 Å². The molecule has 0 bridgehead atoms. The van der Waals surface area contributed by atoms with Gasteiger partial charge in [-0.2, -0.15) is 0 Å². The molecule has 0 saturated heterocycles. The van der Waals surface area contributed by atoms with Crippen LogP contribution in [0.2, 0.25) is 0 Å². The number of aryl methyl sites for hydroxylation is 3. The van der Waals surface area contributed by atoms with E-state index in [-0.39, 0.29) is 5.91 Å². The summed E-state index contributed by atoms with van der Waals surface area (Å²) in [5.41, 5.74) is 7.47. The van der Waals surface area contributed by atoms with Gasteiger partial charge in [0.05, 0.1) is 29.6 Å². The van der Waals surface area contributed by atoms with Crippen LogP contribution in [-0.2, 0) is 12.8 Å². The van der Waals surface area contributed by atoms with Gasteiger partial charge in [-0.25, -0.2) is 4.79 Å². The van der Waals surface area contributed by atoms with Crippen molar-refractivity contribution >= 4 is 17.7 Å². The Bertz CT molecular complexity index is 1750. The van der Waals surface area contributed by atoms with E-state index in [2.05, 4.69) is 11.4 Å². The molecule has 4 aromatic carbocycles. The second kappa shape index (κ2) is 10.8. The topological polar surface area (TPSA) is 69.6 Å². The minimum absolute atomic E-state index is 0.250. The summed E-state index contributed by atoms with van der Waals surface area (Å²) in [5.74, 6) is 0.985. The summed E-state index contributed by atoms with van der Waals surface area (Å²) < 4.78 is 13.7. The molecule has 0 radical (unpaired) electrons. The van der Waals surface area contributed by atoms with E-state index in [0.717, 1.165) is 40.1 Å². The summed E-state index contributed by atoms with van der Waals surface area (Å²) in [5, 5.41) is 3.18. The molecule has 1 amide bonds. The maximum absolute atomic E-state index is 13.6. The molecule has 0 fully saturated rings. The summed E-state index contributed by atoms with van der Waals surface area (Å²) >= 11 is 0. The summed E-state index contributed by atoms with van der Waals surface area (Å²) in [6, 6.07) is 30.4. The van der Waals surface area contributed by atoms with Crippen molar-refractivity contribution in [2.24, 2.45) is 0 Å². The maximum atomic E-state index is 13.6. The number of carbonyl (C=O) groups is 2. The van der Waals surface area contributed by atoms with E-state index in [0.29, 0.717) is 40.4 Å². The van der Waals surface area contributed by atoms with Gasteiger partial charge in [-0.15, -0.1) is 0 Å². The first-order chi connectivity index (χ1) is 19.9. The predicted octanol–water partition coefficient (Wildman–Crippen LogP) is 7.34. The van der Waals surface area contributed by atoms with Gasteiger partial charge in [0.25, 0.3) is 5.91 Å². The highest BCUT2D eigenvalue weighted by Crippen LogP contribution is 2.47. The highest BCUT2D eigenvalue weighted by molar-refractivity contribution is 6.07.